The number of nitrogens with one attached hydrogen (secondary N) is 1. The van der Waals surface area contributed by atoms with E-state index in [0.29, 0.717) is 17.5 Å². The third-order valence-electron chi connectivity index (χ3n) is 5.18. The van der Waals surface area contributed by atoms with E-state index in [9.17, 15) is 5.11 Å². The lowest BCUT2D eigenvalue weighted by atomic mass is 9.73. The molecule has 0 aliphatic heterocycles. The molecule has 126 valence electrons. The summed E-state index contributed by atoms with van der Waals surface area (Å²) in [5.74, 6) is 0. The van der Waals surface area contributed by atoms with Crippen molar-refractivity contribution in [1.29, 1.82) is 0 Å². The van der Waals surface area contributed by atoms with Gasteiger partial charge in [-0.05, 0) is 31.1 Å². The predicted molar refractivity (Wildman–Crippen MR) is 91.7 cm³/mol. The van der Waals surface area contributed by atoms with Gasteiger partial charge in [-0.15, -0.1) is 0 Å². The van der Waals surface area contributed by atoms with Crippen molar-refractivity contribution in [1.82, 2.24) is 10.2 Å². The smallest absolute Gasteiger partial charge is 0.0558 e. The maximum absolute atomic E-state index is 9.45. The van der Waals surface area contributed by atoms with E-state index in [1.807, 2.05) is 0 Å². The maximum Gasteiger partial charge on any atom is 0.0558 e. The fraction of sp³-hybridized carbons (Fsp3) is 1.00. The van der Waals surface area contributed by atoms with Gasteiger partial charge in [0.2, 0.25) is 0 Å². The van der Waals surface area contributed by atoms with Crippen LogP contribution in [0.1, 0.15) is 72.6 Å². The Hall–Kier alpha value is -0.120. The van der Waals surface area contributed by atoms with Gasteiger partial charge in [-0.3, -0.25) is 4.90 Å². The van der Waals surface area contributed by atoms with Gasteiger partial charge in [0.05, 0.1) is 6.61 Å². The fourth-order valence-electron chi connectivity index (χ4n) is 3.87. The second kappa shape index (κ2) is 9.81. The van der Waals surface area contributed by atoms with E-state index in [1.54, 1.807) is 0 Å². The minimum absolute atomic E-state index is 0.282. The zero-order chi connectivity index (χ0) is 15.7. The fourth-order valence-corrected chi connectivity index (χ4v) is 3.87. The Balaban J connectivity index is 2.75. The van der Waals surface area contributed by atoms with Crippen LogP contribution in [-0.2, 0) is 0 Å². The molecule has 0 aromatic rings. The van der Waals surface area contributed by atoms with E-state index >= 15 is 0 Å². The molecule has 3 heteroatoms. The summed E-state index contributed by atoms with van der Waals surface area (Å²) in [6, 6.07) is 1.18. The highest BCUT2D eigenvalue weighted by Crippen LogP contribution is 2.37. The molecule has 1 fully saturated rings. The first-order chi connectivity index (χ1) is 10.1. The third kappa shape index (κ3) is 6.25. The predicted octanol–water partition coefficient (Wildman–Crippen LogP) is 3.42. The van der Waals surface area contributed by atoms with Crippen LogP contribution in [0.5, 0.6) is 0 Å². The first kappa shape index (κ1) is 18.9. The van der Waals surface area contributed by atoms with Gasteiger partial charge < -0.3 is 10.4 Å². The van der Waals surface area contributed by atoms with Crippen molar-refractivity contribution in [2.45, 2.75) is 84.7 Å². The SMILES string of the molecule is CCC(CC)N(CCO)CC1(CNC(C)C)CCCCC1. The van der Waals surface area contributed by atoms with Crippen LogP contribution < -0.4 is 5.32 Å². The maximum atomic E-state index is 9.45. The minimum Gasteiger partial charge on any atom is -0.395 e. The van der Waals surface area contributed by atoms with Gasteiger partial charge in [-0.2, -0.15) is 0 Å². The molecular formula is C18H38N2O. The van der Waals surface area contributed by atoms with Crippen molar-refractivity contribution in [2.75, 3.05) is 26.2 Å². The average molecular weight is 299 g/mol. The number of nitrogens with zero attached hydrogens (tertiary/aromatic N) is 1. The van der Waals surface area contributed by atoms with Gasteiger partial charge in [0, 0.05) is 31.7 Å². The summed E-state index contributed by atoms with van der Waals surface area (Å²) >= 11 is 0. The topological polar surface area (TPSA) is 35.5 Å². The van der Waals surface area contributed by atoms with Gasteiger partial charge in [0.15, 0.2) is 0 Å². The molecule has 0 amide bonds. The number of hydrogen-bond acceptors (Lipinski definition) is 3. The highest BCUT2D eigenvalue weighted by Gasteiger charge is 2.35. The van der Waals surface area contributed by atoms with Crippen LogP contribution in [0, 0.1) is 5.41 Å². The molecule has 0 spiro atoms. The molecule has 1 saturated carbocycles. The number of rotatable bonds is 10. The summed E-state index contributed by atoms with van der Waals surface area (Å²) in [6.45, 7) is 12.4. The zero-order valence-corrected chi connectivity index (χ0v) is 14.8. The van der Waals surface area contributed by atoms with Crippen molar-refractivity contribution in [3.63, 3.8) is 0 Å². The molecule has 0 aromatic heterocycles. The molecule has 21 heavy (non-hydrogen) atoms. The Kier molecular flexibility index (Phi) is 8.84. The Bertz CT molecular complexity index is 258. The quantitative estimate of drug-likeness (QED) is 0.649. The van der Waals surface area contributed by atoms with Crippen LogP contribution >= 0.6 is 0 Å². The molecule has 0 bridgehead atoms. The van der Waals surface area contributed by atoms with Crippen molar-refractivity contribution >= 4 is 0 Å². The second-order valence-corrected chi connectivity index (χ2v) is 7.26. The summed E-state index contributed by atoms with van der Waals surface area (Å²) < 4.78 is 0. The van der Waals surface area contributed by atoms with Crippen molar-refractivity contribution in [2.24, 2.45) is 5.41 Å². The van der Waals surface area contributed by atoms with Gasteiger partial charge in [0.25, 0.3) is 0 Å². The molecule has 0 saturated heterocycles. The van der Waals surface area contributed by atoms with Crippen LogP contribution in [0.4, 0.5) is 0 Å². The molecule has 2 N–H and O–H groups in total. The minimum atomic E-state index is 0.282. The summed E-state index contributed by atoms with van der Waals surface area (Å²) in [5.41, 5.74) is 0.417. The van der Waals surface area contributed by atoms with Crippen LogP contribution in [0.3, 0.4) is 0 Å². The Morgan fingerprint density at radius 1 is 1.10 bits per heavy atom. The van der Waals surface area contributed by atoms with E-state index < -0.39 is 0 Å². The molecule has 0 unspecified atom stereocenters. The summed E-state index contributed by atoms with van der Waals surface area (Å²) in [7, 11) is 0. The van der Waals surface area contributed by atoms with Gasteiger partial charge in [-0.25, -0.2) is 0 Å². The highest BCUT2D eigenvalue weighted by molar-refractivity contribution is 4.89. The lowest BCUT2D eigenvalue weighted by molar-refractivity contribution is 0.0568. The number of aliphatic hydroxyl groups is 1. The van der Waals surface area contributed by atoms with Crippen LogP contribution in [-0.4, -0.2) is 48.3 Å². The highest BCUT2D eigenvalue weighted by atomic mass is 16.3. The zero-order valence-electron chi connectivity index (χ0n) is 14.8. The average Bonchev–Trinajstić information content (AvgIpc) is 2.48. The first-order valence-corrected chi connectivity index (χ1v) is 9.15. The normalized spacial score (nSPS) is 18.9. The molecular weight excluding hydrogens is 260 g/mol. The van der Waals surface area contributed by atoms with Crippen LogP contribution in [0.25, 0.3) is 0 Å². The Morgan fingerprint density at radius 3 is 2.19 bits per heavy atom. The molecule has 0 heterocycles. The van der Waals surface area contributed by atoms with Crippen molar-refractivity contribution in [3.05, 3.63) is 0 Å². The molecule has 0 radical (unpaired) electrons. The standard InChI is InChI=1S/C18H38N2O/c1-5-17(6-2)20(12-13-21)15-18(14-19-16(3)4)10-8-7-9-11-18/h16-17,19,21H,5-15H2,1-4H3. The van der Waals surface area contributed by atoms with Crippen LogP contribution in [0.15, 0.2) is 0 Å². The lowest BCUT2D eigenvalue weighted by Gasteiger charge is -2.44. The molecule has 0 aromatic carbocycles. The van der Waals surface area contributed by atoms with Gasteiger partial charge >= 0.3 is 0 Å². The lowest BCUT2D eigenvalue weighted by Crippen LogP contribution is -2.50. The van der Waals surface area contributed by atoms with Crippen LogP contribution in [0.2, 0.25) is 0 Å². The van der Waals surface area contributed by atoms with E-state index in [0.717, 1.165) is 19.6 Å². The summed E-state index contributed by atoms with van der Waals surface area (Å²) in [6.07, 6.45) is 9.19. The molecule has 1 rings (SSSR count). The van der Waals surface area contributed by atoms with Gasteiger partial charge in [0.1, 0.15) is 0 Å². The van der Waals surface area contributed by atoms with Gasteiger partial charge in [-0.1, -0.05) is 47.0 Å². The largest absolute Gasteiger partial charge is 0.395 e. The number of hydrogen-bond donors (Lipinski definition) is 2. The first-order valence-electron chi connectivity index (χ1n) is 9.15. The van der Waals surface area contributed by atoms with Crippen molar-refractivity contribution < 1.29 is 5.11 Å². The Labute approximate surface area is 132 Å². The molecule has 0 atom stereocenters. The molecule has 1 aliphatic carbocycles. The van der Waals surface area contributed by atoms with E-state index in [-0.39, 0.29) is 6.61 Å². The number of aliphatic hydroxyl groups excluding tert-OH is 1. The molecule has 3 nitrogen and oxygen atoms in total. The Morgan fingerprint density at radius 2 is 1.71 bits per heavy atom. The van der Waals surface area contributed by atoms with Crippen molar-refractivity contribution in [3.8, 4) is 0 Å². The van der Waals surface area contributed by atoms with E-state index in [2.05, 4.69) is 37.9 Å². The third-order valence-corrected chi connectivity index (χ3v) is 5.18. The van der Waals surface area contributed by atoms with E-state index in [1.165, 1.54) is 44.9 Å². The summed E-state index contributed by atoms with van der Waals surface area (Å²) in [5, 5.41) is 13.1. The van der Waals surface area contributed by atoms with E-state index in [4.69, 9.17) is 0 Å². The monoisotopic (exact) mass is 298 g/mol. The summed E-state index contributed by atoms with van der Waals surface area (Å²) in [4.78, 5) is 2.56. The molecule has 1 aliphatic rings. The second-order valence-electron chi connectivity index (χ2n) is 7.26.